The third kappa shape index (κ3) is 2.13. The zero-order valence-corrected chi connectivity index (χ0v) is 12.5. The fourth-order valence-corrected chi connectivity index (χ4v) is 2.95. The highest BCUT2D eigenvalue weighted by atomic mass is 19.4. The van der Waals surface area contributed by atoms with Crippen LogP contribution in [0.5, 0.6) is 0 Å². The molecular weight excluding hydrogens is 357 g/mol. The van der Waals surface area contributed by atoms with E-state index in [0.717, 1.165) is 24.3 Å². The minimum Gasteiger partial charge on any atom is -0.386 e. The Balaban J connectivity index is 2.05. The Kier molecular flexibility index (Phi) is 3.08. The summed E-state index contributed by atoms with van der Waals surface area (Å²) in [7, 11) is 0. The fraction of sp³-hybridized carbons (Fsp3) is 0.0588. The molecular formula is C17H5F3O6. The van der Waals surface area contributed by atoms with Crippen LogP contribution in [0.3, 0.4) is 0 Å². The maximum absolute atomic E-state index is 13.5. The van der Waals surface area contributed by atoms with Crippen molar-refractivity contribution in [2.24, 2.45) is 0 Å². The van der Waals surface area contributed by atoms with Crippen LogP contribution in [0.25, 0.3) is 11.1 Å². The zero-order chi connectivity index (χ0) is 18.8. The number of alkyl halides is 3. The van der Waals surface area contributed by atoms with E-state index in [1.54, 1.807) is 0 Å². The van der Waals surface area contributed by atoms with Crippen LogP contribution in [0.1, 0.15) is 47.0 Å². The standard InChI is InChI=1S/C17H5F3O6/c18-17(19,20)10-4-3-8-12(16(24)26-14(8)22)11(10)6-1-2-7-9(5-6)15(23)25-13(7)21/h1-5H. The summed E-state index contributed by atoms with van der Waals surface area (Å²) in [4.78, 5) is 46.8. The first-order valence-corrected chi connectivity index (χ1v) is 7.10. The molecule has 0 saturated carbocycles. The van der Waals surface area contributed by atoms with Crippen molar-refractivity contribution in [3.63, 3.8) is 0 Å². The van der Waals surface area contributed by atoms with Gasteiger partial charge in [0.1, 0.15) is 0 Å². The van der Waals surface area contributed by atoms with E-state index in [-0.39, 0.29) is 22.3 Å². The monoisotopic (exact) mass is 362 g/mol. The van der Waals surface area contributed by atoms with Crippen molar-refractivity contribution in [3.8, 4) is 11.1 Å². The third-order valence-electron chi connectivity index (χ3n) is 4.05. The normalized spacial score (nSPS) is 15.7. The van der Waals surface area contributed by atoms with Gasteiger partial charge in [-0.2, -0.15) is 13.2 Å². The summed E-state index contributed by atoms with van der Waals surface area (Å²) in [5.74, 6) is -4.20. The molecule has 0 spiro atoms. The second kappa shape index (κ2) is 5.01. The van der Waals surface area contributed by atoms with Crippen LogP contribution < -0.4 is 0 Å². The highest BCUT2D eigenvalue weighted by Crippen LogP contribution is 2.43. The van der Waals surface area contributed by atoms with Gasteiger partial charge in [0, 0.05) is 5.56 Å². The molecule has 0 bridgehead atoms. The van der Waals surface area contributed by atoms with Gasteiger partial charge >= 0.3 is 30.1 Å². The molecule has 0 saturated heterocycles. The van der Waals surface area contributed by atoms with Gasteiger partial charge in [-0.3, -0.25) is 0 Å². The van der Waals surface area contributed by atoms with Gasteiger partial charge in [0.05, 0.1) is 27.8 Å². The molecule has 0 aliphatic carbocycles. The van der Waals surface area contributed by atoms with Crippen LogP contribution in [0.15, 0.2) is 30.3 Å². The van der Waals surface area contributed by atoms with Crippen LogP contribution in [-0.4, -0.2) is 23.9 Å². The van der Waals surface area contributed by atoms with E-state index in [1.165, 1.54) is 0 Å². The molecule has 0 radical (unpaired) electrons. The molecule has 9 heteroatoms. The second-order valence-corrected chi connectivity index (χ2v) is 5.52. The molecule has 2 aromatic carbocycles. The Morgan fingerprint density at radius 1 is 0.654 bits per heavy atom. The highest BCUT2D eigenvalue weighted by Gasteiger charge is 2.41. The van der Waals surface area contributed by atoms with Crippen molar-refractivity contribution in [2.75, 3.05) is 0 Å². The first-order chi connectivity index (χ1) is 12.2. The van der Waals surface area contributed by atoms with Crippen LogP contribution in [0, 0.1) is 0 Å². The molecule has 0 atom stereocenters. The van der Waals surface area contributed by atoms with E-state index in [0.29, 0.717) is 6.07 Å². The average molecular weight is 362 g/mol. The van der Waals surface area contributed by atoms with E-state index < -0.39 is 46.7 Å². The summed E-state index contributed by atoms with van der Waals surface area (Å²) in [5, 5.41) is 0. The Morgan fingerprint density at radius 3 is 1.92 bits per heavy atom. The lowest BCUT2D eigenvalue weighted by atomic mass is 9.90. The molecule has 2 heterocycles. The molecule has 4 rings (SSSR count). The molecule has 2 aliphatic rings. The quantitative estimate of drug-likeness (QED) is 0.573. The molecule has 130 valence electrons. The maximum atomic E-state index is 13.5. The van der Waals surface area contributed by atoms with Gasteiger partial charge in [-0.25, -0.2) is 19.2 Å². The van der Waals surface area contributed by atoms with Gasteiger partial charge in [0.15, 0.2) is 0 Å². The van der Waals surface area contributed by atoms with Crippen molar-refractivity contribution in [3.05, 3.63) is 58.1 Å². The van der Waals surface area contributed by atoms with Gasteiger partial charge in [-0.15, -0.1) is 0 Å². The predicted molar refractivity (Wildman–Crippen MR) is 76.4 cm³/mol. The summed E-state index contributed by atoms with van der Waals surface area (Å²) in [6.07, 6.45) is -4.84. The van der Waals surface area contributed by atoms with Crippen molar-refractivity contribution >= 4 is 23.9 Å². The van der Waals surface area contributed by atoms with Gasteiger partial charge in [0.25, 0.3) is 0 Å². The summed E-state index contributed by atoms with van der Waals surface area (Å²) in [5.41, 5.74) is -3.12. The molecule has 2 aromatic rings. The summed E-state index contributed by atoms with van der Waals surface area (Å²) >= 11 is 0. The number of carbonyl (C=O) groups excluding carboxylic acids is 4. The van der Waals surface area contributed by atoms with E-state index in [2.05, 4.69) is 9.47 Å². The average Bonchev–Trinajstić information content (AvgIpc) is 3.02. The zero-order valence-electron chi connectivity index (χ0n) is 12.5. The smallest absolute Gasteiger partial charge is 0.386 e. The number of hydrogen-bond acceptors (Lipinski definition) is 6. The largest absolute Gasteiger partial charge is 0.417 e. The maximum Gasteiger partial charge on any atom is 0.417 e. The number of cyclic esters (lactones) is 4. The molecule has 0 amide bonds. The molecule has 6 nitrogen and oxygen atoms in total. The number of rotatable bonds is 1. The lowest BCUT2D eigenvalue weighted by Gasteiger charge is -2.15. The number of esters is 4. The Bertz CT molecular complexity index is 1050. The minimum atomic E-state index is -4.84. The Hall–Kier alpha value is -3.49. The number of hydrogen-bond donors (Lipinski definition) is 0. The van der Waals surface area contributed by atoms with E-state index >= 15 is 0 Å². The fourth-order valence-electron chi connectivity index (χ4n) is 2.95. The highest BCUT2D eigenvalue weighted by molar-refractivity contribution is 6.19. The Labute approximate surface area is 142 Å². The number of halogens is 3. The van der Waals surface area contributed by atoms with Gasteiger partial charge in [-0.05, 0) is 29.8 Å². The molecule has 0 unspecified atom stereocenters. The number of carbonyl (C=O) groups is 4. The van der Waals surface area contributed by atoms with Crippen molar-refractivity contribution in [2.45, 2.75) is 6.18 Å². The van der Waals surface area contributed by atoms with Crippen LogP contribution in [0.4, 0.5) is 13.2 Å². The molecule has 0 N–H and O–H groups in total. The van der Waals surface area contributed by atoms with Gasteiger partial charge in [-0.1, -0.05) is 6.07 Å². The van der Waals surface area contributed by atoms with E-state index in [1.807, 2.05) is 0 Å². The molecule has 2 aliphatic heterocycles. The number of ether oxygens (including phenoxy) is 2. The lowest BCUT2D eigenvalue weighted by molar-refractivity contribution is -0.137. The van der Waals surface area contributed by atoms with E-state index in [9.17, 15) is 32.3 Å². The van der Waals surface area contributed by atoms with Crippen LogP contribution in [0.2, 0.25) is 0 Å². The van der Waals surface area contributed by atoms with Gasteiger partial charge in [0.2, 0.25) is 0 Å². The van der Waals surface area contributed by atoms with E-state index in [4.69, 9.17) is 0 Å². The predicted octanol–water partition coefficient (Wildman–Crippen LogP) is 2.99. The second-order valence-electron chi connectivity index (χ2n) is 5.52. The van der Waals surface area contributed by atoms with Crippen molar-refractivity contribution in [1.29, 1.82) is 0 Å². The molecule has 0 aromatic heterocycles. The number of benzene rings is 2. The van der Waals surface area contributed by atoms with Gasteiger partial charge < -0.3 is 9.47 Å². The minimum absolute atomic E-state index is 0.0986. The molecule has 26 heavy (non-hydrogen) atoms. The Morgan fingerprint density at radius 2 is 1.23 bits per heavy atom. The van der Waals surface area contributed by atoms with Crippen molar-refractivity contribution in [1.82, 2.24) is 0 Å². The van der Waals surface area contributed by atoms with Crippen LogP contribution in [-0.2, 0) is 15.7 Å². The lowest BCUT2D eigenvalue weighted by Crippen LogP contribution is -2.11. The summed E-state index contributed by atoms with van der Waals surface area (Å²) in [6, 6.07) is 4.80. The first kappa shape index (κ1) is 16.0. The third-order valence-corrected chi connectivity index (χ3v) is 4.05. The molecule has 0 fully saturated rings. The topological polar surface area (TPSA) is 86.7 Å². The van der Waals surface area contributed by atoms with Crippen LogP contribution >= 0.6 is 0 Å². The summed E-state index contributed by atoms with van der Waals surface area (Å²) < 4.78 is 49.2. The number of fused-ring (bicyclic) bond motifs is 2. The summed E-state index contributed by atoms with van der Waals surface area (Å²) in [6.45, 7) is 0. The SMILES string of the molecule is O=C1OC(=O)c2cc(-c3c(C(F)(F)F)ccc4c3C(=O)OC4=O)ccc21. The van der Waals surface area contributed by atoms with Crippen molar-refractivity contribution < 1.29 is 41.8 Å². The first-order valence-electron chi connectivity index (χ1n) is 7.10.